The van der Waals surface area contributed by atoms with E-state index in [0.29, 0.717) is 6.54 Å². The van der Waals surface area contributed by atoms with Crippen molar-refractivity contribution in [3.63, 3.8) is 0 Å². The van der Waals surface area contributed by atoms with Gasteiger partial charge >= 0.3 is 0 Å². The summed E-state index contributed by atoms with van der Waals surface area (Å²) in [5.74, 6) is 0.0535. The minimum atomic E-state index is -0.0126. The molecule has 0 saturated heterocycles. The van der Waals surface area contributed by atoms with E-state index in [2.05, 4.69) is 28.6 Å². The van der Waals surface area contributed by atoms with E-state index in [-0.39, 0.29) is 24.0 Å². The summed E-state index contributed by atoms with van der Waals surface area (Å²) >= 11 is 1.66. The topological polar surface area (TPSA) is 58.4 Å². The molecule has 3 N–H and O–H groups in total. The van der Waals surface area contributed by atoms with E-state index < -0.39 is 0 Å². The van der Waals surface area contributed by atoms with E-state index in [0.717, 1.165) is 6.54 Å². The SMILES string of the molecule is CCN(CC(=O)NC(C)C)C(c1ccsc1)C(C)N. The van der Waals surface area contributed by atoms with Crippen LogP contribution in [0.5, 0.6) is 0 Å². The van der Waals surface area contributed by atoms with Gasteiger partial charge in [0, 0.05) is 12.1 Å². The Hall–Kier alpha value is -0.910. The van der Waals surface area contributed by atoms with Gasteiger partial charge in [0.15, 0.2) is 0 Å². The predicted molar refractivity (Wildman–Crippen MR) is 81.2 cm³/mol. The molecule has 0 aliphatic heterocycles. The van der Waals surface area contributed by atoms with Crippen molar-refractivity contribution in [2.75, 3.05) is 13.1 Å². The minimum absolute atomic E-state index is 0.0126. The number of rotatable bonds is 7. The molecule has 1 aromatic rings. The number of amides is 1. The first-order chi connectivity index (χ1) is 8.95. The molecule has 0 fully saturated rings. The molecule has 0 aliphatic carbocycles. The highest BCUT2D eigenvalue weighted by molar-refractivity contribution is 7.07. The van der Waals surface area contributed by atoms with Crippen molar-refractivity contribution in [1.29, 1.82) is 0 Å². The molecule has 1 heterocycles. The van der Waals surface area contributed by atoms with Crippen LogP contribution in [0.4, 0.5) is 0 Å². The summed E-state index contributed by atoms with van der Waals surface area (Å²) in [6.07, 6.45) is 0. The van der Waals surface area contributed by atoms with E-state index in [9.17, 15) is 4.79 Å². The summed E-state index contributed by atoms with van der Waals surface area (Å²) in [6.45, 7) is 9.17. The van der Waals surface area contributed by atoms with E-state index in [1.54, 1.807) is 11.3 Å². The van der Waals surface area contributed by atoms with Crippen LogP contribution in [0.1, 0.15) is 39.3 Å². The maximum atomic E-state index is 11.9. The van der Waals surface area contributed by atoms with E-state index in [1.165, 1.54) is 5.56 Å². The van der Waals surface area contributed by atoms with Gasteiger partial charge in [0.1, 0.15) is 0 Å². The lowest BCUT2D eigenvalue weighted by molar-refractivity contribution is -0.123. The van der Waals surface area contributed by atoms with Crippen LogP contribution in [0.25, 0.3) is 0 Å². The Labute approximate surface area is 120 Å². The average molecular weight is 283 g/mol. The van der Waals surface area contributed by atoms with Gasteiger partial charge in [-0.15, -0.1) is 0 Å². The van der Waals surface area contributed by atoms with E-state index in [1.807, 2.05) is 26.2 Å². The quantitative estimate of drug-likeness (QED) is 0.804. The maximum absolute atomic E-state index is 11.9. The summed E-state index contributed by atoms with van der Waals surface area (Å²) in [7, 11) is 0. The number of likely N-dealkylation sites (N-methyl/N-ethyl adjacent to an activating group) is 1. The molecule has 1 aromatic heterocycles. The van der Waals surface area contributed by atoms with Crippen LogP contribution >= 0.6 is 11.3 Å². The summed E-state index contributed by atoms with van der Waals surface area (Å²) < 4.78 is 0. The third kappa shape index (κ3) is 4.93. The fourth-order valence-electron chi connectivity index (χ4n) is 2.25. The largest absolute Gasteiger partial charge is 0.353 e. The first-order valence-electron chi connectivity index (χ1n) is 6.76. The van der Waals surface area contributed by atoms with Crippen LogP contribution in [-0.2, 0) is 4.79 Å². The molecule has 1 amide bonds. The lowest BCUT2D eigenvalue weighted by Crippen LogP contribution is -2.45. The zero-order valence-electron chi connectivity index (χ0n) is 12.2. The molecule has 19 heavy (non-hydrogen) atoms. The highest BCUT2D eigenvalue weighted by Gasteiger charge is 2.25. The minimum Gasteiger partial charge on any atom is -0.353 e. The normalized spacial score (nSPS) is 14.7. The molecule has 0 saturated carbocycles. The van der Waals surface area contributed by atoms with Crippen LogP contribution in [0, 0.1) is 0 Å². The Morgan fingerprint density at radius 1 is 1.47 bits per heavy atom. The summed E-state index contributed by atoms with van der Waals surface area (Å²) in [6, 6.07) is 2.33. The second-order valence-electron chi connectivity index (χ2n) is 5.15. The molecule has 0 bridgehead atoms. The first-order valence-corrected chi connectivity index (χ1v) is 7.71. The number of hydrogen-bond acceptors (Lipinski definition) is 4. The van der Waals surface area contributed by atoms with Crippen LogP contribution in [0.2, 0.25) is 0 Å². The van der Waals surface area contributed by atoms with Gasteiger partial charge in [-0.2, -0.15) is 11.3 Å². The van der Waals surface area contributed by atoms with Crippen molar-refractivity contribution < 1.29 is 4.79 Å². The fourth-order valence-corrected chi connectivity index (χ4v) is 2.94. The number of nitrogens with two attached hydrogens (primary N) is 1. The summed E-state index contributed by atoms with van der Waals surface area (Å²) in [4.78, 5) is 14.1. The molecular weight excluding hydrogens is 258 g/mol. The standard InChI is InChI=1S/C14H25N3OS/c1-5-17(8-13(18)16-10(2)3)14(11(4)15)12-6-7-19-9-12/h6-7,9-11,14H,5,8,15H2,1-4H3,(H,16,18). The predicted octanol–water partition coefficient (Wildman–Crippen LogP) is 1.98. The molecule has 2 atom stereocenters. The van der Waals surface area contributed by atoms with Gasteiger partial charge in [-0.05, 0) is 49.7 Å². The van der Waals surface area contributed by atoms with Crippen LogP contribution in [0.3, 0.4) is 0 Å². The number of carbonyl (C=O) groups excluding carboxylic acids is 1. The van der Waals surface area contributed by atoms with Crippen molar-refractivity contribution in [3.05, 3.63) is 22.4 Å². The third-order valence-electron chi connectivity index (χ3n) is 2.98. The Morgan fingerprint density at radius 3 is 2.58 bits per heavy atom. The van der Waals surface area contributed by atoms with Crippen LogP contribution in [-0.4, -0.2) is 36.0 Å². The Kier molecular flexibility index (Phi) is 6.48. The number of thiophene rings is 1. The lowest BCUT2D eigenvalue weighted by atomic mass is 10.0. The Morgan fingerprint density at radius 2 is 2.16 bits per heavy atom. The maximum Gasteiger partial charge on any atom is 0.234 e. The van der Waals surface area contributed by atoms with Crippen molar-refractivity contribution in [1.82, 2.24) is 10.2 Å². The van der Waals surface area contributed by atoms with Crippen molar-refractivity contribution in [2.45, 2.75) is 45.8 Å². The average Bonchev–Trinajstić information content (AvgIpc) is 2.79. The van der Waals surface area contributed by atoms with Crippen molar-refractivity contribution in [2.24, 2.45) is 5.73 Å². The molecule has 2 unspecified atom stereocenters. The van der Waals surface area contributed by atoms with Crippen molar-refractivity contribution in [3.8, 4) is 0 Å². The molecule has 0 radical (unpaired) electrons. The second-order valence-corrected chi connectivity index (χ2v) is 5.93. The molecule has 108 valence electrons. The van der Waals surface area contributed by atoms with Gasteiger partial charge < -0.3 is 11.1 Å². The first kappa shape index (κ1) is 16.1. The zero-order valence-corrected chi connectivity index (χ0v) is 13.0. The molecule has 0 aliphatic rings. The molecular formula is C14H25N3OS. The summed E-state index contributed by atoms with van der Waals surface area (Å²) in [5, 5.41) is 7.08. The van der Waals surface area contributed by atoms with Gasteiger partial charge in [0.2, 0.25) is 5.91 Å². The number of hydrogen-bond donors (Lipinski definition) is 2. The highest BCUT2D eigenvalue weighted by Crippen LogP contribution is 2.25. The van der Waals surface area contributed by atoms with Gasteiger partial charge in [-0.25, -0.2) is 0 Å². The van der Waals surface area contributed by atoms with Crippen LogP contribution < -0.4 is 11.1 Å². The molecule has 4 nitrogen and oxygen atoms in total. The molecule has 1 rings (SSSR count). The zero-order chi connectivity index (χ0) is 14.4. The second kappa shape index (κ2) is 7.62. The molecule has 0 aromatic carbocycles. The number of nitrogens with zero attached hydrogens (tertiary/aromatic N) is 1. The lowest BCUT2D eigenvalue weighted by Gasteiger charge is -2.32. The molecule has 5 heteroatoms. The Balaban J connectivity index is 2.77. The fraction of sp³-hybridized carbons (Fsp3) is 0.643. The smallest absolute Gasteiger partial charge is 0.234 e. The highest BCUT2D eigenvalue weighted by atomic mass is 32.1. The van der Waals surface area contributed by atoms with Gasteiger partial charge in [0.25, 0.3) is 0 Å². The van der Waals surface area contributed by atoms with Gasteiger partial charge in [-0.1, -0.05) is 6.92 Å². The Bertz CT molecular complexity index is 376. The van der Waals surface area contributed by atoms with Crippen molar-refractivity contribution >= 4 is 17.2 Å². The number of carbonyl (C=O) groups is 1. The van der Waals surface area contributed by atoms with Gasteiger partial charge in [-0.3, -0.25) is 9.69 Å². The monoisotopic (exact) mass is 283 g/mol. The van der Waals surface area contributed by atoms with Gasteiger partial charge in [0.05, 0.1) is 12.6 Å². The molecule has 0 spiro atoms. The van der Waals surface area contributed by atoms with E-state index >= 15 is 0 Å². The number of nitrogens with one attached hydrogen (secondary N) is 1. The van der Waals surface area contributed by atoms with Crippen LogP contribution in [0.15, 0.2) is 16.8 Å². The summed E-state index contributed by atoms with van der Waals surface area (Å²) in [5.41, 5.74) is 7.31. The third-order valence-corrected chi connectivity index (χ3v) is 3.68. The van der Waals surface area contributed by atoms with E-state index in [4.69, 9.17) is 5.73 Å².